The van der Waals surface area contributed by atoms with E-state index >= 15 is 0 Å². The van der Waals surface area contributed by atoms with Crippen LogP contribution < -0.4 is 0 Å². The molecule has 4 heterocycles. The van der Waals surface area contributed by atoms with Crippen LogP contribution in [-0.4, -0.2) is 29.6 Å². The summed E-state index contributed by atoms with van der Waals surface area (Å²) in [5.41, 5.74) is 3.20. The second kappa shape index (κ2) is 6.13. The summed E-state index contributed by atoms with van der Waals surface area (Å²) in [6.07, 6.45) is 4.14. The summed E-state index contributed by atoms with van der Waals surface area (Å²) in [7, 11) is 0. The number of thioether (sulfide) groups is 1. The predicted molar refractivity (Wildman–Crippen MR) is 90.7 cm³/mol. The zero-order valence-electron chi connectivity index (χ0n) is 12.5. The van der Waals surface area contributed by atoms with E-state index in [-0.39, 0.29) is 0 Å². The van der Waals surface area contributed by atoms with Gasteiger partial charge in [-0.3, -0.25) is 0 Å². The van der Waals surface area contributed by atoms with Crippen LogP contribution in [0.1, 0.15) is 16.1 Å². The second-order valence-corrected chi connectivity index (χ2v) is 7.17. The van der Waals surface area contributed by atoms with E-state index in [1.807, 2.05) is 16.8 Å². The number of aromatic nitrogens is 6. The first-order chi connectivity index (χ1) is 11.3. The molecule has 6 nitrogen and oxygen atoms in total. The molecule has 0 aliphatic heterocycles. The molecule has 0 aliphatic carbocycles. The van der Waals surface area contributed by atoms with Gasteiger partial charge >= 0.3 is 0 Å². The maximum Gasteiger partial charge on any atom is 0.210 e. The van der Waals surface area contributed by atoms with Crippen molar-refractivity contribution in [2.45, 2.75) is 24.4 Å². The Hall–Kier alpha value is -2.19. The van der Waals surface area contributed by atoms with Crippen molar-refractivity contribution in [1.82, 2.24) is 29.6 Å². The molecular formula is C15H14N6S2. The van der Waals surface area contributed by atoms with E-state index in [1.165, 1.54) is 10.4 Å². The molecule has 0 bridgehead atoms. The van der Waals surface area contributed by atoms with Crippen molar-refractivity contribution in [2.24, 2.45) is 0 Å². The number of hydrogen-bond acceptors (Lipinski definition) is 6. The van der Waals surface area contributed by atoms with Gasteiger partial charge in [-0.15, -0.1) is 16.4 Å². The van der Waals surface area contributed by atoms with Crippen LogP contribution in [0.3, 0.4) is 0 Å². The predicted octanol–water partition coefficient (Wildman–Crippen LogP) is 3.03. The zero-order chi connectivity index (χ0) is 15.6. The Balaban J connectivity index is 1.49. The minimum Gasteiger partial charge on any atom is -0.307 e. The van der Waals surface area contributed by atoms with Gasteiger partial charge in [0.15, 0.2) is 0 Å². The van der Waals surface area contributed by atoms with Crippen LogP contribution in [0.25, 0.3) is 5.65 Å². The number of fused-ring (bicyclic) bond motifs is 1. The van der Waals surface area contributed by atoms with E-state index in [2.05, 4.69) is 61.7 Å². The topological polar surface area (TPSA) is 60.9 Å². The summed E-state index contributed by atoms with van der Waals surface area (Å²) in [6.45, 7) is 2.78. The van der Waals surface area contributed by atoms with E-state index in [4.69, 9.17) is 0 Å². The number of nitrogens with zero attached hydrogens (tertiary/aromatic N) is 6. The Morgan fingerprint density at radius 1 is 1.22 bits per heavy atom. The lowest BCUT2D eigenvalue weighted by Gasteiger charge is -2.01. The molecule has 8 heteroatoms. The molecule has 116 valence electrons. The summed E-state index contributed by atoms with van der Waals surface area (Å²) in [4.78, 5) is 5.86. The summed E-state index contributed by atoms with van der Waals surface area (Å²) < 4.78 is 3.89. The summed E-state index contributed by atoms with van der Waals surface area (Å²) in [5, 5.41) is 14.9. The van der Waals surface area contributed by atoms with Gasteiger partial charge in [-0.1, -0.05) is 23.9 Å². The fourth-order valence-electron chi connectivity index (χ4n) is 2.31. The molecular weight excluding hydrogens is 328 g/mol. The largest absolute Gasteiger partial charge is 0.307 e. The van der Waals surface area contributed by atoms with Crippen LogP contribution in [0.5, 0.6) is 0 Å². The molecule has 0 aromatic carbocycles. The van der Waals surface area contributed by atoms with Crippen LogP contribution in [0.15, 0.2) is 47.2 Å². The van der Waals surface area contributed by atoms with Gasteiger partial charge in [-0.2, -0.15) is 0 Å². The van der Waals surface area contributed by atoms with Crippen molar-refractivity contribution in [3.05, 3.63) is 58.2 Å². The standard InChI is InChI=1S/C15H14N6S2/c1-11-4-5-14-16-12(8-20(14)7-11)10-23-15-17-18-19-21(15)9-13-3-2-6-22-13/h2-8H,9-10H2,1H3. The number of tetrazole rings is 1. The molecule has 0 radical (unpaired) electrons. The maximum absolute atomic E-state index is 4.63. The highest BCUT2D eigenvalue weighted by atomic mass is 32.2. The Morgan fingerprint density at radius 3 is 3.04 bits per heavy atom. The molecule has 23 heavy (non-hydrogen) atoms. The highest BCUT2D eigenvalue weighted by molar-refractivity contribution is 7.98. The minimum atomic E-state index is 0.706. The normalized spacial score (nSPS) is 11.3. The van der Waals surface area contributed by atoms with Crippen molar-refractivity contribution < 1.29 is 0 Å². The first kappa shape index (κ1) is 14.4. The number of thiophene rings is 1. The van der Waals surface area contributed by atoms with Crippen molar-refractivity contribution in [1.29, 1.82) is 0 Å². The van der Waals surface area contributed by atoms with Crippen LogP contribution >= 0.6 is 23.1 Å². The van der Waals surface area contributed by atoms with E-state index in [0.29, 0.717) is 6.54 Å². The smallest absolute Gasteiger partial charge is 0.210 e. The average Bonchev–Trinajstić information content (AvgIpc) is 3.26. The fourth-order valence-corrected chi connectivity index (χ4v) is 3.76. The second-order valence-electron chi connectivity index (χ2n) is 5.19. The molecule has 0 spiro atoms. The molecule has 0 amide bonds. The van der Waals surface area contributed by atoms with Gasteiger partial charge in [0, 0.05) is 23.0 Å². The zero-order valence-corrected chi connectivity index (χ0v) is 14.1. The van der Waals surface area contributed by atoms with Crippen LogP contribution in [0, 0.1) is 6.92 Å². The molecule has 4 aromatic rings. The third kappa shape index (κ3) is 3.13. The highest BCUT2D eigenvalue weighted by Gasteiger charge is 2.10. The van der Waals surface area contributed by atoms with Gasteiger partial charge in [0.2, 0.25) is 5.16 Å². The van der Waals surface area contributed by atoms with Crippen molar-refractivity contribution >= 4 is 28.7 Å². The first-order valence-electron chi connectivity index (χ1n) is 7.13. The molecule has 0 aliphatic rings. The molecule has 0 unspecified atom stereocenters. The highest BCUT2D eigenvalue weighted by Crippen LogP contribution is 2.21. The van der Waals surface area contributed by atoms with Crippen LogP contribution in [-0.2, 0) is 12.3 Å². The van der Waals surface area contributed by atoms with Crippen LogP contribution in [0.2, 0.25) is 0 Å². The number of pyridine rings is 1. The number of imidazole rings is 1. The van der Waals surface area contributed by atoms with Gasteiger partial charge in [0.1, 0.15) is 5.65 Å². The lowest BCUT2D eigenvalue weighted by molar-refractivity contribution is 0.608. The van der Waals surface area contributed by atoms with E-state index in [9.17, 15) is 0 Å². The van der Waals surface area contributed by atoms with Gasteiger partial charge in [0.05, 0.1) is 12.2 Å². The van der Waals surface area contributed by atoms with Crippen molar-refractivity contribution in [3.63, 3.8) is 0 Å². The fraction of sp³-hybridized carbons (Fsp3) is 0.200. The summed E-state index contributed by atoms with van der Waals surface area (Å²) in [6, 6.07) is 8.23. The lowest BCUT2D eigenvalue weighted by Crippen LogP contribution is -2.02. The van der Waals surface area contributed by atoms with E-state index in [0.717, 1.165) is 22.3 Å². The summed E-state index contributed by atoms with van der Waals surface area (Å²) in [5.74, 6) is 0.742. The lowest BCUT2D eigenvalue weighted by atomic mass is 10.3. The number of hydrogen-bond donors (Lipinski definition) is 0. The molecule has 0 N–H and O–H groups in total. The third-order valence-electron chi connectivity index (χ3n) is 3.38. The number of aryl methyl sites for hydroxylation is 1. The van der Waals surface area contributed by atoms with E-state index in [1.54, 1.807) is 23.1 Å². The number of rotatable bonds is 5. The molecule has 0 atom stereocenters. The van der Waals surface area contributed by atoms with Crippen molar-refractivity contribution in [2.75, 3.05) is 0 Å². The third-order valence-corrected chi connectivity index (χ3v) is 5.23. The summed E-state index contributed by atoms with van der Waals surface area (Å²) >= 11 is 3.31. The molecule has 4 aromatic heterocycles. The van der Waals surface area contributed by atoms with Gasteiger partial charge < -0.3 is 4.40 Å². The van der Waals surface area contributed by atoms with E-state index < -0.39 is 0 Å². The Bertz CT molecular complexity index is 925. The Kier molecular flexibility index (Phi) is 3.84. The molecule has 0 fully saturated rings. The molecule has 4 rings (SSSR count). The Morgan fingerprint density at radius 2 is 2.17 bits per heavy atom. The first-order valence-corrected chi connectivity index (χ1v) is 9.00. The molecule has 0 saturated carbocycles. The monoisotopic (exact) mass is 342 g/mol. The van der Waals surface area contributed by atoms with Gasteiger partial charge in [-0.05, 0) is 40.4 Å². The maximum atomic E-state index is 4.63. The average molecular weight is 342 g/mol. The molecule has 0 saturated heterocycles. The van der Waals surface area contributed by atoms with Crippen molar-refractivity contribution in [3.8, 4) is 0 Å². The van der Waals surface area contributed by atoms with Gasteiger partial charge in [-0.25, -0.2) is 9.67 Å². The minimum absolute atomic E-state index is 0.706. The van der Waals surface area contributed by atoms with Crippen LogP contribution in [0.4, 0.5) is 0 Å². The Labute approximate surface area is 141 Å². The SMILES string of the molecule is Cc1ccc2nc(CSc3nnnn3Cc3cccs3)cn2c1. The van der Waals surface area contributed by atoms with Gasteiger partial charge in [0.25, 0.3) is 0 Å². The quantitative estimate of drug-likeness (QED) is 0.522.